The molecule has 1 amide bonds. The van der Waals surface area contributed by atoms with Gasteiger partial charge in [-0.05, 0) is 31.9 Å². The Labute approximate surface area is 118 Å². The van der Waals surface area contributed by atoms with Gasteiger partial charge < -0.3 is 4.42 Å². The van der Waals surface area contributed by atoms with Crippen molar-refractivity contribution in [2.45, 2.75) is 27.2 Å². The van der Waals surface area contributed by atoms with E-state index in [1.807, 2.05) is 44.2 Å². The summed E-state index contributed by atoms with van der Waals surface area (Å²) in [6, 6.07) is 11.5. The quantitative estimate of drug-likeness (QED) is 0.683. The second kappa shape index (κ2) is 6.19. The zero-order valence-corrected chi connectivity index (χ0v) is 11.9. The number of nitrogens with one attached hydrogen (secondary N) is 1. The number of hydrogen-bond acceptors (Lipinski definition) is 3. The van der Waals surface area contributed by atoms with Crippen molar-refractivity contribution in [3.63, 3.8) is 0 Å². The lowest BCUT2D eigenvalue weighted by Gasteiger charge is -2.04. The molecule has 0 bridgehead atoms. The Hall–Kier alpha value is -2.36. The van der Waals surface area contributed by atoms with E-state index in [1.165, 1.54) is 0 Å². The molecule has 4 heteroatoms. The van der Waals surface area contributed by atoms with Crippen LogP contribution in [0.15, 0.2) is 45.9 Å². The third-order valence-electron chi connectivity index (χ3n) is 3.02. The van der Waals surface area contributed by atoms with Crippen molar-refractivity contribution in [1.29, 1.82) is 0 Å². The molecule has 0 aliphatic carbocycles. The summed E-state index contributed by atoms with van der Waals surface area (Å²) in [4.78, 5) is 12.1. The fourth-order valence-electron chi connectivity index (χ4n) is 2.01. The molecule has 4 nitrogen and oxygen atoms in total. The van der Waals surface area contributed by atoms with Gasteiger partial charge in [0.15, 0.2) is 0 Å². The predicted octanol–water partition coefficient (Wildman–Crippen LogP) is 3.44. The first kappa shape index (κ1) is 14.1. The highest BCUT2D eigenvalue weighted by molar-refractivity contribution is 6.02. The average Bonchev–Trinajstić information content (AvgIpc) is 2.79. The number of carbonyl (C=O) groups excluding carboxylic acids is 1. The van der Waals surface area contributed by atoms with Crippen LogP contribution in [0.1, 0.15) is 40.8 Å². The van der Waals surface area contributed by atoms with Crippen LogP contribution in [-0.2, 0) is 0 Å². The molecule has 2 aromatic rings. The summed E-state index contributed by atoms with van der Waals surface area (Å²) in [5.41, 5.74) is 4.97. The summed E-state index contributed by atoms with van der Waals surface area (Å²) in [5, 5.41) is 4.21. The van der Waals surface area contributed by atoms with Crippen molar-refractivity contribution < 1.29 is 9.21 Å². The molecule has 0 fully saturated rings. The van der Waals surface area contributed by atoms with Crippen LogP contribution in [0.5, 0.6) is 0 Å². The highest BCUT2D eigenvalue weighted by Gasteiger charge is 2.13. The van der Waals surface area contributed by atoms with E-state index >= 15 is 0 Å². The van der Waals surface area contributed by atoms with Gasteiger partial charge in [-0.1, -0.05) is 37.3 Å². The largest absolute Gasteiger partial charge is 0.466 e. The molecular formula is C16H18N2O2. The van der Waals surface area contributed by atoms with E-state index in [1.54, 1.807) is 13.0 Å². The number of amides is 1. The minimum absolute atomic E-state index is 0.249. The summed E-state index contributed by atoms with van der Waals surface area (Å²) in [6.45, 7) is 5.59. The third kappa shape index (κ3) is 3.15. The normalized spacial score (nSPS) is 11.4. The molecule has 1 heterocycles. The van der Waals surface area contributed by atoms with Crippen molar-refractivity contribution in [2.75, 3.05) is 0 Å². The molecule has 2 rings (SSSR count). The van der Waals surface area contributed by atoms with Gasteiger partial charge in [-0.2, -0.15) is 5.10 Å². The zero-order chi connectivity index (χ0) is 14.5. The molecule has 0 spiro atoms. The van der Waals surface area contributed by atoms with Crippen LogP contribution in [-0.4, -0.2) is 11.6 Å². The Balaban J connectivity index is 2.15. The number of nitrogens with zero attached hydrogens (tertiary/aromatic N) is 1. The van der Waals surface area contributed by atoms with Gasteiger partial charge in [0.25, 0.3) is 5.91 Å². The lowest BCUT2D eigenvalue weighted by Crippen LogP contribution is -2.20. The van der Waals surface area contributed by atoms with Crippen LogP contribution in [0.2, 0.25) is 0 Å². The molecule has 0 aliphatic heterocycles. The minimum atomic E-state index is -0.249. The van der Waals surface area contributed by atoms with Gasteiger partial charge in [0.2, 0.25) is 0 Å². The van der Waals surface area contributed by atoms with Crippen LogP contribution >= 0.6 is 0 Å². The molecule has 1 aromatic heterocycles. The Kier molecular flexibility index (Phi) is 4.35. The highest BCUT2D eigenvalue weighted by Crippen LogP contribution is 2.13. The van der Waals surface area contributed by atoms with Crippen LogP contribution < -0.4 is 5.43 Å². The zero-order valence-electron chi connectivity index (χ0n) is 11.9. The maximum absolute atomic E-state index is 12.1. The Morgan fingerprint density at radius 1 is 1.25 bits per heavy atom. The predicted molar refractivity (Wildman–Crippen MR) is 78.9 cm³/mol. The first-order valence-electron chi connectivity index (χ1n) is 6.61. The standard InChI is InChI=1S/C16H18N2O2/c1-4-15(13-8-6-5-7-9-13)17-18-16(19)14-10-11(2)20-12(14)3/h5-10H,4H2,1-3H3,(H,18,19)/b17-15+. The lowest BCUT2D eigenvalue weighted by molar-refractivity contribution is 0.0953. The second-order valence-electron chi connectivity index (χ2n) is 4.55. The fourth-order valence-corrected chi connectivity index (χ4v) is 2.01. The van der Waals surface area contributed by atoms with E-state index in [-0.39, 0.29) is 5.91 Å². The molecule has 0 aliphatic rings. The number of carbonyl (C=O) groups is 1. The minimum Gasteiger partial charge on any atom is -0.466 e. The summed E-state index contributed by atoms with van der Waals surface area (Å²) < 4.78 is 5.34. The Morgan fingerprint density at radius 3 is 2.50 bits per heavy atom. The maximum atomic E-state index is 12.1. The first-order chi connectivity index (χ1) is 9.61. The SMILES string of the molecule is CC/C(=N\NC(=O)c1cc(C)oc1C)c1ccccc1. The maximum Gasteiger partial charge on any atom is 0.274 e. The number of benzene rings is 1. The Bertz CT molecular complexity index is 627. The molecule has 0 unspecified atom stereocenters. The van der Waals surface area contributed by atoms with Crippen LogP contribution in [0, 0.1) is 13.8 Å². The van der Waals surface area contributed by atoms with E-state index in [9.17, 15) is 4.79 Å². The number of aryl methyl sites for hydroxylation is 2. The van der Waals surface area contributed by atoms with Crippen LogP contribution in [0.3, 0.4) is 0 Å². The number of rotatable bonds is 4. The van der Waals surface area contributed by atoms with E-state index < -0.39 is 0 Å². The summed E-state index contributed by atoms with van der Waals surface area (Å²) in [7, 11) is 0. The highest BCUT2D eigenvalue weighted by atomic mass is 16.3. The monoisotopic (exact) mass is 270 g/mol. The first-order valence-corrected chi connectivity index (χ1v) is 6.61. The van der Waals surface area contributed by atoms with Crippen molar-refractivity contribution in [1.82, 2.24) is 5.43 Å². The van der Waals surface area contributed by atoms with Crippen molar-refractivity contribution in [2.24, 2.45) is 5.10 Å². The molecule has 0 saturated heterocycles. The number of hydrogen-bond donors (Lipinski definition) is 1. The molecule has 20 heavy (non-hydrogen) atoms. The topological polar surface area (TPSA) is 54.6 Å². The lowest BCUT2D eigenvalue weighted by atomic mass is 10.1. The molecule has 0 radical (unpaired) electrons. The van der Waals surface area contributed by atoms with E-state index in [4.69, 9.17) is 4.42 Å². The molecule has 0 atom stereocenters. The van der Waals surface area contributed by atoms with Crippen molar-refractivity contribution in [3.8, 4) is 0 Å². The molecule has 0 saturated carbocycles. The summed E-state index contributed by atoms with van der Waals surface area (Å²) in [5.74, 6) is 1.07. The smallest absolute Gasteiger partial charge is 0.274 e. The fraction of sp³-hybridized carbons (Fsp3) is 0.250. The van der Waals surface area contributed by atoms with Crippen molar-refractivity contribution in [3.05, 3.63) is 59.0 Å². The van der Waals surface area contributed by atoms with E-state index in [0.29, 0.717) is 11.3 Å². The molecular weight excluding hydrogens is 252 g/mol. The van der Waals surface area contributed by atoms with Crippen molar-refractivity contribution >= 4 is 11.6 Å². The molecule has 1 aromatic carbocycles. The molecule has 104 valence electrons. The van der Waals surface area contributed by atoms with Gasteiger partial charge in [0.1, 0.15) is 11.5 Å². The third-order valence-corrected chi connectivity index (χ3v) is 3.02. The number of hydrazone groups is 1. The van der Waals surface area contributed by atoms with Gasteiger partial charge in [-0.25, -0.2) is 5.43 Å². The van der Waals surface area contributed by atoms with Crippen LogP contribution in [0.25, 0.3) is 0 Å². The van der Waals surface area contributed by atoms with Gasteiger partial charge in [0.05, 0.1) is 11.3 Å². The van der Waals surface area contributed by atoms with Gasteiger partial charge >= 0.3 is 0 Å². The van der Waals surface area contributed by atoms with Gasteiger partial charge in [-0.3, -0.25) is 4.79 Å². The van der Waals surface area contributed by atoms with E-state index in [2.05, 4.69) is 10.5 Å². The Morgan fingerprint density at radius 2 is 1.95 bits per heavy atom. The number of furan rings is 1. The van der Waals surface area contributed by atoms with Gasteiger partial charge in [-0.15, -0.1) is 0 Å². The van der Waals surface area contributed by atoms with Crippen LogP contribution in [0.4, 0.5) is 0 Å². The average molecular weight is 270 g/mol. The summed E-state index contributed by atoms with van der Waals surface area (Å²) >= 11 is 0. The second-order valence-corrected chi connectivity index (χ2v) is 4.55. The molecule has 1 N–H and O–H groups in total. The summed E-state index contributed by atoms with van der Waals surface area (Å²) in [6.07, 6.45) is 0.744. The van der Waals surface area contributed by atoms with E-state index in [0.717, 1.165) is 23.5 Å². The van der Waals surface area contributed by atoms with Gasteiger partial charge in [0, 0.05) is 0 Å².